The zero-order chi connectivity index (χ0) is 26.9. The van der Waals surface area contributed by atoms with Gasteiger partial charge in [0.2, 0.25) is 0 Å². The zero-order valence-electron chi connectivity index (χ0n) is 21.0. The number of ether oxygens (including phenoxy) is 2. The van der Waals surface area contributed by atoms with Crippen molar-refractivity contribution in [2.24, 2.45) is 0 Å². The van der Waals surface area contributed by atoms with Crippen LogP contribution in [0.25, 0.3) is 5.57 Å². The number of benzene rings is 3. The van der Waals surface area contributed by atoms with Crippen LogP contribution in [-0.4, -0.2) is 28.8 Å². The third-order valence-electron chi connectivity index (χ3n) is 5.69. The fourth-order valence-electron chi connectivity index (χ4n) is 3.64. The van der Waals surface area contributed by atoms with Crippen molar-refractivity contribution >= 4 is 11.5 Å². The Labute approximate surface area is 221 Å². The van der Waals surface area contributed by atoms with Crippen LogP contribution in [0, 0.1) is 24.6 Å². The van der Waals surface area contributed by atoms with Gasteiger partial charge in [-0.1, -0.05) is 36.3 Å². The van der Waals surface area contributed by atoms with E-state index in [1.807, 2.05) is 55.5 Å². The minimum atomic E-state index is -1.03. The number of nitrogens with zero attached hydrogens (tertiary/aromatic N) is 1. The predicted molar refractivity (Wildman–Crippen MR) is 145 cm³/mol. The van der Waals surface area contributed by atoms with Crippen molar-refractivity contribution in [1.82, 2.24) is 4.98 Å². The molecule has 1 atom stereocenters. The molecule has 1 aromatic heterocycles. The summed E-state index contributed by atoms with van der Waals surface area (Å²) in [5, 5.41) is 9.06. The van der Waals surface area contributed by atoms with Gasteiger partial charge in [0.25, 0.3) is 0 Å². The molecular formula is C32H26FNO4. The van der Waals surface area contributed by atoms with Crippen LogP contribution in [0.5, 0.6) is 11.5 Å². The molecule has 0 aliphatic heterocycles. The maximum atomic E-state index is 13.6. The molecule has 3 aromatic carbocycles. The van der Waals surface area contributed by atoms with Crippen LogP contribution >= 0.6 is 0 Å². The number of hydrogen-bond acceptors (Lipinski definition) is 4. The number of aryl methyl sites for hydroxylation is 1. The van der Waals surface area contributed by atoms with Gasteiger partial charge >= 0.3 is 5.97 Å². The summed E-state index contributed by atoms with van der Waals surface area (Å²) < 4.78 is 25.0. The van der Waals surface area contributed by atoms with E-state index in [4.69, 9.17) is 14.6 Å². The van der Waals surface area contributed by atoms with Gasteiger partial charge < -0.3 is 14.6 Å². The van der Waals surface area contributed by atoms with E-state index < -0.39 is 12.1 Å². The second kappa shape index (κ2) is 12.4. The average molecular weight is 508 g/mol. The molecule has 6 heteroatoms. The molecule has 0 radical (unpaired) electrons. The highest BCUT2D eigenvalue weighted by Gasteiger charge is 2.14. The fourth-order valence-corrected chi connectivity index (χ4v) is 3.64. The summed E-state index contributed by atoms with van der Waals surface area (Å²) in [5.74, 6) is 5.93. The Balaban J connectivity index is 1.52. The van der Waals surface area contributed by atoms with E-state index in [-0.39, 0.29) is 12.4 Å². The van der Waals surface area contributed by atoms with Gasteiger partial charge in [-0.2, -0.15) is 0 Å². The molecule has 38 heavy (non-hydrogen) atoms. The quantitative estimate of drug-likeness (QED) is 0.284. The Bertz CT molecular complexity index is 1480. The highest BCUT2D eigenvalue weighted by atomic mass is 19.1. The molecular weight excluding hydrogens is 481 g/mol. The maximum absolute atomic E-state index is 13.6. The molecule has 0 aliphatic rings. The Morgan fingerprint density at radius 2 is 1.71 bits per heavy atom. The topological polar surface area (TPSA) is 68.7 Å². The lowest BCUT2D eigenvalue weighted by Crippen LogP contribution is -2.23. The van der Waals surface area contributed by atoms with Crippen LogP contribution in [0.1, 0.15) is 34.9 Å². The SMILES string of the molecule is Cc1cc(OCC=C(c2ccc(F)cc2)c2ccc(C#Cc3ccccn3)cc2)ccc1OC(C)C(=O)O. The number of carboxylic acids is 1. The van der Waals surface area contributed by atoms with Crippen LogP contribution in [0.15, 0.2) is 97.2 Å². The van der Waals surface area contributed by atoms with Crippen LogP contribution in [0.3, 0.4) is 0 Å². The van der Waals surface area contributed by atoms with Crippen molar-refractivity contribution < 1.29 is 23.8 Å². The first-order chi connectivity index (χ1) is 18.4. The van der Waals surface area contributed by atoms with Crippen LogP contribution in [0.2, 0.25) is 0 Å². The number of pyridine rings is 1. The molecule has 0 bridgehead atoms. The van der Waals surface area contributed by atoms with Crippen molar-refractivity contribution in [2.75, 3.05) is 6.61 Å². The van der Waals surface area contributed by atoms with Crippen molar-refractivity contribution in [3.8, 4) is 23.3 Å². The Hall–Kier alpha value is -4.89. The molecule has 190 valence electrons. The van der Waals surface area contributed by atoms with E-state index in [0.717, 1.165) is 27.8 Å². The van der Waals surface area contributed by atoms with E-state index in [0.29, 0.717) is 17.2 Å². The summed E-state index contributed by atoms with van der Waals surface area (Å²) >= 11 is 0. The van der Waals surface area contributed by atoms with Gasteiger partial charge in [0, 0.05) is 11.8 Å². The number of rotatable bonds is 8. The van der Waals surface area contributed by atoms with Gasteiger partial charge in [-0.25, -0.2) is 14.2 Å². The third-order valence-corrected chi connectivity index (χ3v) is 5.69. The molecule has 0 fully saturated rings. The van der Waals surface area contributed by atoms with Crippen molar-refractivity contribution in [2.45, 2.75) is 20.0 Å². The first-order valence-corrected chi connectivity index (χ1v) is 12.0. The molecule has 1 heterocycles. The molecule has 0 spiro atoms. The number of carbonyl (C=O) groups is 1. The lowest BCUT2D eigenvalue weighted by Gasteiger charge is -2.14. The number of aromatic nitrogens is 1. The minimum Gasteiger partial charge on any atom is -0.489 e. The number of halogens is 1. The first-order valence-electron chi connectivity index (χ1n) is 12.0. The standard InChI is InChI=1S/C32H26FNO4/c1-22-21-29(16-17-31(22)38-23(2)32(35)36)37-20-18-30(26-11-13-27(33)14-12-26)25-9-6-24(7-10-25)8-15-28-5-3-4-19-34-28/h3-7,9-14,16-19,21,23H,20H2,1-2H3,(H,35,36). The largest absolute Gasteiger partial charge is 0.489 e. The van der Waals surface area contributed by atoms with Gasteiger partial charge in [-0.05, 0) is 103 Å². The first kappa shape index (κ1) is 26.2. The van der Waals surface area contributed by atoms with Gasteiger partial charge in [0.05, 0.1) is 0 Å². The molecule has 4 rings (SSSR count). The molecule has 5 nitrogen and oxygen atoms in total. The number of aliphatic carboxylic acids is 1. The van der Waals surface area contributed by atoms with Gasteiger partial charge in [-0.15, -0.1) is 0 Å². The monoisotopic (exact) mass is 507 g/mol. The summed E-state index contributed by atoms with van der Waals surface area (Å²) in [6, 6.07) is 24.9. The van der Waals surface area contributed by atoms with Crippen molar-refractivity contribution in [3.63, 3.8) is 0 Å². The van der Waals surface area contributed by atoms with E-state index in [9.17, 15) is 9.18 Å². The van der Waals surface area contributed by atoms with Crippen molar-refractivity contribution in [3.05, 3.63) is 131 Å². The van der Waals surface area contributed by atoms with E-state index in [1.54, 1.807) is 36.5 Å². The molecule has 0 saturated heterocycles. The maximum Gasteiger partial charge on any atom is 0.344 e. The summed E-state index contributed by atoms with van der Waals surface area (Å²) in [6.45, 7) is 3.57. The van der Waals surface area contributed by atoms with E-state index >= 15 is 0 Å². The average Bonchev–Trinajstić information content (AvgIpc) is 2.93. The number of hydrogen-bond donors (Lipinski definition) is 1. The summed E-state index contributed by atoms with van der Waals surface area (Å²) in [4.78, 5) is 15.3. The zero-order valence-corrected chi connectivity index (χ0v) is 21.0. The molecule has 4 aromatic rings. The second-order valence-electron chi connectivity index (χ2n) is 8.50. The van der Waals surface area contributed by atoms with Gasteiger partial charge in [0.15, 0.2) is 6.10 Å². The fraction of sp³-hybridized carbons (Fsp3) is 0.125. The third kappa shape index (κ3) is 7.08. The van der Waals surface area contributed by atoms with E-state index in [2.05, 4.69) is 16.8 Å². The van der Waals surface area contributed by atoms with Crippen molar-refractivity contribution in [1.29, 1.82) is 0 Å². The highest BCUT2D eigenvalue weighted by molar-refractivity contribution is 5.80. The molecule has 0 aliphatic carbocycles. The van der Waals surface area contributed by atoms with Crippen LogP contribution in [-0.2, 0) is 4.79 Å². The van der Waals surface area contributed by atoms with E-state index in [1.165, 1.54) is 19.1 Å². The predicted octanol–water partition coefficient (Wildman–Crippen LogP) is 6.29. The summed E-state index contributed by atoms with van der Waals surface area (Å²) in [5.41, 5.74) is 4.99. The molecule has 1 unspecified atom stereocenters. The normalized spacial score (nSPS) is 11.7. The Morgan fingerprint density at radius 1 is 1.00 bits per heavy atom. The van der Waals surface area contributed by atoms with Gasteiger partial charge in [-0.3, -0.25) is 0 Å². The Kier molecular flexibility index (Phi) is 8.53. The van der Waals surface area contributed by atoms with Crippen LogP contribution in [0.4, 0.5) is 4.39 Å². The molecule has 1 N–H and O–H groups in total. The Morgan fingerprint density at radius 3 is 2.34 bits per heavy atom. The molecule has 0 amide bonds. The minimum absolute atomic E-state index is 0.263. The smallest absolute Gasteiger partial charge is 0.344 e. The highest BCUT2D eigenvalue weighted by Crippen LogP contribution is 2.26. The molecule has 0 saturated carbocycles. The summed E-state index contributed by atoms with van der Waals surface area (Å²) in [7, 11) is 0. The number of carboxylic acid groups (broad SMARTS) is 1. The summed E-state index contributed by atoms with van der Waals surface area (Å²) in [6.07, 6.45) is 2.70. The lowest BCUT2D eigenvalue weighted by molar-refractivity contribution is -0.144. The lowest BCUT2D eigenvalue weighted by atomic mass is 9.96. The van der Waals surface area contributed by atoms with Gasteiger partial charge in [0.1, 0.15) is 29.6 Å². The second-order valence-corrected chi connectivity index (χ2v) is 8.50. The van der Waals surface area contributed by atoms with Crippen LogP contribution < -0.4 is 9.47 Å².